The molecule has 318 valence electrons. The van der Waals surface area contributed by atoms with Gasteiger partial charge >= 0.3 is 0 Å². The lowest BCUT2D eigenvalue weighted by Gasteiger charge is -2.34. The molecular formula is C58H60N4O. The largest absolute Gasteiger partial charge is 0.457 e. The van der Waals surface area contributed by atoms with Gasteiger partial charge in [0, 0.05) is 63.2 Å². The summed E-state index contributed by atoms with van der Waals surface area (Å²) < 4.78 is 9.12. The summed E-state index contributed by atoms with van der Waals surface area (Å²) in [6.45, 7) is 23.7. The summed E-state index contributed by atoms with van der Waals surface area (Å²) in [5.41, 5.74) is 11.6. The number of anilines is 2. The zero-order valence-corrected chi connectivity index (χ0v) is 38.6. The van der Waals surface area contributed by atoms with E-state index in [9.17, 15) is 0 Å². The molecule has 0 saturated heterocycles. The molecule has 8 aromatic rings. The fourth-order valence-corrected chi connectivity index (χ4v) is 9.07. The lowest BCUT2D eigenvalue weighted by atomic mass is 9.78. The maximum atomic E-state index is 6.84. The molecule has 0 saturated carbocycles. The molecule has 3 heterocycles. The molecule has 5 heteroatoms. The Morgan fingerprint density at radius 2 is 1.06 bits per heavy atom. The monoisotopic (exact) mass is 828 g/mol. The molecule has 0 N–H and O–H groups in total. The Labute approximate surface area is 374 Å². The molecule has 5 nitrogen and oxygen atoms in total. The number of para-hydroxylation sites is 1. The van der Waals surface area contributed by atoms with Gasteiger partial charge in [0.15, 0.2) is 0 Å². The Hall–Kier alpha value is -6.59. The fourth-order valence-electron chi connectivity index (χ4n) is 9.07. The quantitative estimate of drug-likeness (QED) is 0.145. The summed E-state index contributed by atoms with van der Waals surface area (Å²) in [5, 5.41) is 2.33. The number of nitrogens with zero attached hydrogens (tertiary/aromatic N) is 4. The van der Waals surface area contributed by atoms with Crippen LogP contribution < -0.4 is 14.5 Å². The minimum Gasteiger partial charge on any atom is -0.457 e. The van der Waals surface area contributed by atoms with Gasteiger partial charge in [0.25, 0.3) is 0 Å². The summed E-state index contributed by atoms with van der Waals surface area (Å²) in [4.78, 5) is 9.86. The average Bonchev–Trinajstić information content (AvgIpc) is 3.87. The Morgan fingerprint density at radius 1 is 0.460 bits per heavy atom. The second kappa shape index (κ2) is 15.6. The van der Waals surface area contributed by atoms with Gasteiger partial charge in [0.1, 0.15) is 17.3 Å². The molecule has 0 radical (unpaired) electrons. The summed E-state index contributed by atoms with van der Waals surface area (Å²) in [5.74, 6) is 2.42. The molecule has 1 aliphatic rings. The molecule has 9 rings (SSSR count). The third kappa shape index (κ3) is 7.90. The first-order valence-corrected chi connectivity index (χ1v) is 22.3. The van der Waals surface area contributed by atoms with Crippen LogP contribution in [0.3, 0.4) is 0 Å². The third-order valence-corrected chi connectivity index (χ3v) is 13.2. The van der Waals surface area contributed by atoms with Crippen molar-refractivity contribution in [3.05, 3.63) is 204 Å². The summed E-state index contributed by atoms with van der Waals surface area (Å²) >= 11 is 0. The first-order valence-electron chi connectivity index (χ1n) is 22.3. The van der Waals surface area contributed by atoms with Crippen LogP contribution in [0.5, 0.6) is 11.5 Å². The van der Waals surface area contributed by atoms with Crippen molar-refractivity contribution in [1.29, 1.82) is 0 Å². The third-order valence-electron chi connectivity index (χ3n) is 13.2. The Bertz CT molecular complexity index is 2950. The van der Waals surface area contributed by atoms with Crippen molar-refractivity contribution in [3.63, 3.8) is 0 Å². The Balaban J connectivity index is 1.09. The molecule has 63 heavy (non-hydrogen) atoms. The molecular weight excluding hydrogens is 769 g/mol. The van der Waals surface area contributed by atoms with Crippen LogP contribution in [0.15, 0.2) is 176 Å². The lowest BCUT2D eigenvalue weighted by molar-refractivity contribution is 0.483. The Morgan fingerprint density at radius 3 is 1.73 bits per heavy atom. The second-order valence-corrected chi connectivity index (χ2v) is 20.3. The van der Waals surface area contributed by atoms with Crippen LogP contribution in [-0.4, -0.2) is 16.2 Å². The zero-order valence-electron chi connectivity index (χ0n) is 38.6. The van der Waals surface area contributed by atoms with E-state index in [1.165, 1.54) is 44.6 Å². The van der Waals surface area contributed by atoms with E-state index in [4.69, 9.17) is 9.72 Å². The van der Waals surface area contributed by atoms with Crippen molar-refractivity contribution in [2.75, 3.05) is 16.5 Å². The van der Waals surface area contributed by atoms with E-state index in [-0.39, 0.29) is 21.7 Å². The standard InChI is InChI=1S/C58H60N4O/c1-55(2,3)43-32-44(56(4,5)6)34-46(33-43)60-38-53(58(9,10)41-22-15-12-16-23-41)61(39-60)45-24-19-25-47(36-45)63-48-28-29-50-49-26-17-18-27-51(49)62(52(50)37-48)54-35-42(30-31-59-54)57(7,8)40-20-13-11-14-21-40/h11-38H,39H2,1-10H3. The number of hydrogen-bond acceptors (Lipinski definition) is 4. The highest BCUT2D eigenvalue weighted by molar-refractivity contribution is 6.09. The minimum atomic E-state index is -0.290. The molecule has 0 amide bonds. The minimum absolute atomic E-state index is 0.00809. The van der Waals surface area contributed by atoms with Gasteiger partial charge in [0.05, 0.1) is 17.7 Å². The Kier molecular flexibility index (Phi) is 10.4. The van der Waals surface area contributed by atoms with Crippen LogP contribution in [0, 0.1) is 0 Å². The molecule has 0 spiro atoms. The van der Waals surface area contributed by atoms with E-state index in [0.717, 1.165) is 39.4 Å². The second-order valence-electron chi connectivity index (χ2n) is 20.3. The van der Waals surface area contributed by atoms with Crippen LogP contribution in [0.1, 0.15) is 97.1 Å². The van der Waals surface area contributed by atoms with Crippen molar-refractivity contribution < 1.29 is 4.74 Å². The molecule has 0 fully saturated rings. The maximum Gasteiger partial charge on any atom is 0.137 e. The molecule has 1 aliphatic heterocycles. The molecule has 6 aromatic carbocycles. The van der Waals surface area contributed by atoms with E-state index in [1.54, 1.807) is 0 Å². The van der Waals surface area contributed by atoms with Crippen LogP contribution >= 0.6 is 0 Å². The highest BCUT2D eigenvalue weighted by Crippen LogP contribution is 2.44. The van der Waals surface area contributed by atoms with Crippen LogP contribution in [0.4, 0.5) is 11.4 Å². The van der Waals surface area contributed by atoms with Gasteiger partial charge in [-0.05, 0) is 93.2 Å². The van der Waals surface area contributed by atoms with Gasteiger partial charge in [-0.3, -0.25) is 4.57 Å². The maximum absolute atomic E-state index is 6.84. The predicted molar refractivity (Wildman–Crippen MR) is 265 cm³/mol. The number of pyridine rings is 1. The number of aromatic nitrogens is 2. The van der Waals surface area contributed by atoms with E-state index >= 15 is 0 Å². The smallest absolute Gasteiger partial charge is 0.137 e. The van der Waals surface area contributed by atoms with E-state index < -0.39 is 0 Å². The topological polar surface area (TPSA) is 33.5 Å². The summed E-state index contributed by atoms with van der Waals surface area (Å²) in [7, 11) is 0. The van der Waals surface area contributed by atoms with Crippen LogP contribution in [0.25, 0.3) is 27.6 Å². The molecule has 0 atom stereocenters. The number of benzene rings is 6. The summed E-state index contributed by atoms with van der Waals surface area (Å²) in [6, 6.07) is 56.7. The van der Waals surface area contributed by atoms with Gasteiger partial charge in [-0.15, -0.1) is 0 Å². The SMILES string of the molecule is CC(C)(C)c1cc(N2C=C(C(C)(C)c3ccccc3)N(c3cccc(Oc4ccc5c6ccccc6n(-c6cc(C(C)(C)c7ccccc7)ccn6)c5c4)c3)C2)cc(C(C)(C)C)c1. The fraction of sp³-hybridized carbons (Fsp3) is 0.259. The molecule has 2 aromatic heterocycles. The number of fused-ring (bicyclic) bond motifs is 3. The van der Waals surface area contributed by atoms with E-state index in [0.29, 0.717) is 6.67 Å². The van der Waals surface area contributed by atoms with Gasteiger partial charge in [-0.1, -0.05) is 160 Å². The number of allylic oxidation sites excluding steroid dienone is 1. The van der Waals surface area contributed by atoms with Crippen LogP contribution in [-0.2, 0) is 21.7 Å². The normalized spacial score (nSPS) is 13.8. The first kappa shape index (κ1) is 41.7. The van der Waals surface area contributed by atoms with E-state index in [2.05, 4.69) is 248 Å². The lowest BCUT2D eigenvalue weighted by Crippen LogP contribution is -2.34. The highest BCUT2D eigenvalue weighted by Gasteiger charge is 2.36. The highest BCUT2D eigenvalue weighted by atomic mass is 16.5. The van der Waals surface area contributed by atoms with Gasteiger partial charge < -0.3 is 14.5 Å². The molecule has 0 aliphatic carbocycles. The number of ether oxygens (including phenoxy) is 1. The van der Waals surface area contributed by atoms with Crippen molar-refractivity contribution in [2.45, 2.75) is 90.9 Å². The van der Waals surface area contributed by atoms with E-state index in [1.807, 2.05) is 6.20 Å². The molecule has 0 unspecified atom stereocenters. The zero-order chi connectivity index (χ0) is 44.3. The van der Waals surface area contributed by atoms with Crippen molar-refractivity contribution in [1.82, 2.24) is 9.55 Å². The average molecular weight is 829 g/mol. The van der Waals surface area contributed by atoms with Gasteiger partial charge in [-0.25, -0.2) is 4.98 Å². The van der Waals surface area contributed by atoms with Crippen molar-refractivity contribution >= 4 is 33.2 Å². The van der Waals surface area contributed by atoms with Gasteiger partial charge in [-0.2, -0.15) is 0 Å². The summed E-state index contributed by atoms with van der Waals surface area (Å²) in [6.07, 6.45) is 4.30. The van der Waals surface area contributed by atoms with Crippen LogP contribution in [0.2, 0.25) is 0 Å². The predicted octanol–water partition coefficient (Wildman–Crippen LogP) is 15.0. The van der Waals surface area contributed by atoms with Gasteiger partial charge in [0.2, 0.25) is 0 Å². The number of hydrogen-bond donors (Lipinski definition) is 0. The number of rotatable bonds is 9. The molecule has 0 bridgehead atoms. The van der Waals surface area contributed by atoms with Crippen molar-refractivity contribution in [2.24, 2.45) is 0 Å². The first-order chi connectivity index (χ1) is 30.0. The van der Waals surface area contributed by atoms with Crippen molar-refractivity contribution in [3.8, 4) is 17.3 Å².